The molecule has 1 saturated heterocycles. The largest absolute Gasteiger partial charge is 0.383 e. The maximum absolute atomic E-state index is 5.02. The van der Waals surface area contributed by atoms with Crippen LogP contribution in [0.2, 0.25) is 0 Å². The fourth-order valence-electron chi connectivity index (χ4n) is 2.54. The Morgan fingerprint density at radius 2 is 2.21 bits per heavy atom. The van der Waals surface area contributed by atoms with Crippen LogP contribution >= 0.6 is 0 Å². The second kappa shape index (κ2) is 9.15. The minimum Gasteiger partial charge on any atom is -0.383 e. The number of nitrogens with one attached hydrogen (secondary N) is 2. The summed E-state index contributed by atoms with van der Waals surface area (Å²) < 4.78 is 5.02. The highest BCUT2D eigenvalue weighted by atomic mass is 16.5. The van der Waals surface area contributed by atoms with Gasteiger partial charge in [0, 0.05) is 39.8 Å². The smallest absolute Gasteiger partial charge is 0.191 e. The molecule has 1 fully saturated rings. The molecule has 0 bridgehead atoms. The van der Waals surface area contributed by atoms with Crippen molar-refractivity contribution in [2.24, 2.45) is 10.9 Å². The number of hydrogen-bond donors (Lipinski definition) is 2. The molecule has 0 saturated carbocycles. The van der Waals surface area contributed by atoms with Crippen LogP contribution in [0.5, 0.6) is 0 Å². The molecule has 0 radical (unpaired) electrons. The first-order valence-electron chi connectivity index (χ1n) is 7.34. The van der Waals surface area contributed by atoms with E-state index in [2.05, 4.69) is 34.4 Å². The molecule has 0 aromatic carbocycles. The third kappa shape index (κ3) is 6.25. The van der Waals surface area contributed by atoms with Crippen molar-refractivity contribution in [2.75, 3.05) is 46.9 Å². The zero-order chi connectivity index (χ0) is 14.1. The van der Waals surface area contributed by atoms with E-state index in [9.17, 15) is 0 Å². The Labute approximate surface area is 117 Å². The number of aliphatic imine (C=N–C) groups is 1. The summed E-state index contributed by atoms with van der Waals surface area (Å²) in [5.74, 6) is 1.60. The van der Waals surface area contributed by atoms with Crippen molar-refractivity contribution in [1.29, 1.82) is 0 Å². The molecule has 0 aromatic rings. The van der Waals surface area contributed by atoms with Gasteiger partial charge in [0.2, 0.25) is 0 Å². The molecule has 2 N–H and O–H groups in total. The van der Waals surface area contributed by atoms with E-state index in [0.29, 0.717) is 12.6 Å². The number of hydrogen-bond acceptors (Lipinski definition) is 3. The number of nitrogens with zero attached hydrogens (tertiary/aromatic N) is 2. The topological polar surface area (TPSA) is 48.9 Å². The Morgan fingerprint density at radius 3 is 2.84 bits per heavy atom. The first kappa shape index (κ1) is 16.2. The van der Waals surface area contributed by atoms with E-state index in [4.69, 9.17) is 4.74 Å². The molecule has 0 amide bonds. The molecule has 0 aliphatic carbocycles. The van der Waals surface area contributed by atoms with Crippen molar-refractivity contribution < 1.29 is 4.74 Å². The van der Waals surface area contributed by atoms with Crippen LogP contribution in [0, 0.1) is 5.92 Å². The average Bonchev–Trinajstić information content (AvgIpc) is 2.80. The van der Waals surface area contributed by atoms with Gasteiger partial charge in [-0.05, 0) is 25.3 Å². The standard InChI is InChI=1S/C14H30N4O/c1-12(2)11-18-8-5-6-13(18)10-17-14(15-3)16-7-9-19-4/h12-13H,5-11H2,1-4H3,(H2,15,16,17)/t13-/m1/s1. The summed E-state index contributed by atoms with van der Waals surface area (Å²) >= 11 is 0. The van der Waals surface area contributed by atoms with Crippen LogP contribution in [0.3, 0.4) is 0 Å². The van der Waals surface area contributed by atoms with E-state index in [-0.39, 0.29) is 0 Å². The number of methoxy groups -OCH3 is 1. The Kier molecular flexibility index (Phi) is 7.82. The third-order valence-corrected chi connectivity index (χ3v) is 3.43. The molecule has 0 spiro atoms. The SMILES string of the molecule is CN=C(NCCOC)NC[C@H]1CCCN1CC(C)C. The van der Waals surface area contributed by atoms with Gasteiger partial charge >= 0.3 is 0 Å². The number of ether oxygens (including phenoxy) is 1. The second-order valence-electron chi connectivity index (χ2n) is 5.56. The predicted molar refractivity (Wildman–Crippen MR) is 80.7 cm³/mol. The fraction of sp³-hybridized carbons (Fsp3) is 0.929. The van der Waals surface area contributed by atoms with Gasteiger partial charge in [-0.3, -0.25) is 9.89 Å². The third-order valence-electron chi connectivity index (χ3n) is 3.43. The van der Waals surface area contributed by atoms with Crippen molar-refractivity contribution in [3.63, 3.8) is 0 Å². The highest BCUT2D eigenvalue weighted by Gasteiger charge is 2.24. The van der Waals surface area contributed by atoms with Crippen molar-refractivity contribution in [3.05, 3.63) is 0 Å². The molecule has 1 aliphatic rings. The number of rotatable bonds is 7. The van der Waals surface area contributed by atoms with Gasteiger partial charge in [0.1, 0.15) is 0 Å². The fourth-order valence-corrected chi connectivity index (χ4v) is 2.54. The van der Waals surface area contributed by atoms with Gasteiger partial charge in [-0.1, -0.05) is 13.8 Å². The lowest BCUT2D eigenvalue weighted by Gasteiger charge is -2.27. The molecule has 5 heteroatoms. The first-order valence-corrected chi connectivity index (χ1v) is 7.34. The molecule has 1 rings (SSSR count). The van der Waals surface area contributed by atoms with Crippen molar-refractivity contribution in [1.82, 2.24) is 15.5 Å². The Bertz CT molecular complexity index is 268. The zero-order valence-corrected chi connectivity index (χ0v) is 12.9. The molecule has 5 nitrogen and oxygen atoms in total. The lowest BCUT2D eigenvalue weighted by molar-refractivity contribution is 0.203. The van der Waals surface area contributed by atoms with E-state index < -0.39 is 0 Å². The van der Waals surface area contributed by atoms with Crippen LogP contribution in [0.4, 0.5) is 0 Å². The number of guanidine groups is 1. The summed E-state index contributed by atoms with van der Waals surface area (Å²) in [7, 11) is 3.52. The first-order chi connectivity index (χ1) is 9.17. The lowest BCUT2D eigenvalue weighted by Crippen LogP contribution is -2.46. The molecular weight excluding hydrogens is 240 g/mol. The molecule has 1 aliphatic heterocycles. The molecule has 0 unspecified atom stereocenters. The van der Waals surface area contributed by atoms with Gasteiger partial charge in [0.05, 0.1) is 6.61 Å². The highest BCUT2D eigenvalue weighted by Crippen LogP contribution is 2.17. The summed E-state index contributed by atoms with van der Waals surface area (Å²) in [5.41, 5.74) is 0. The lowest BCUT2D eigenvalue weighted by atomic mass is 10.1. The van der Waals surface area contributed by atoms with Crippen LogP contribution in [0.1, 0.15) is 26.7 Å². The zero-order valence-electron chi connectivity index (χ0n) is 12.9. The Morgan fingerprint density at radius 1 is 1.42 bits per heavy atom. The predicted octanol–water partition coefficient (Wildman–Crippen LogP) is 0.918. The van der Waals surface area contributed by atoms with Gasteiger partial charge < -0.3 is 15.4 Å². The van der Waals surface area contributed by atoms with E-state index in [1.165, 1.54) is 25.9 Å². The summed E-state index contributed by atoms with van der Waals surface area (Å²) in [6, 6.07) is 0.642. The van der Waals surface area contributed by atoms with Gasteiger partial charge in [-0.25, -0.2) is 0 Å². The van der Waals surface area contributed by atoms with E-state index >= 15 is 0 Å². The van der Waals surface area contributed by atoms with E-state index in [0.717, 1.165) is 25.0 Å². The van der Waals surface area contributed by atoms with Gasteiger partial charge in [0.15, 0.2) is 5.96 Å². The maximum atomic E-state index is 5.02. The number of likely N-dealkylation sites (tertiary alicyclic amines) is 1. The molecule has 19 heavy (non-hydrogen) atoms. The normalized spacial score (nSPS) is 21.1. The summed E-state index contributed by atoms with van der Waals surface area (Å²) in [5, 5.41) is 6.66. The Hall–Kier alpha value is -0.810. The summed E-state index contributed by atoms with van der Waals surface area (Å²) in [4.78, 5) is 6.82. The van der Waals surface area contributed by atoms with Gasteiger partial charge in [-0.2, -0.15) is 0 Å². The van der Waals surface area contributed by atoms with Crippen LogP contribution in [-0.2, 0) is 4.74 Å². The molecular formula is C14H30N4O. The van der Waals surface area contributed by atoms with Crippen molar-refractivity contribution in [3.8, 4) is 0 Å². The van der Waals surface area contributed by atoms with E-state index in [1.54, 1.807) is 7.11 Å². The monoisotopic (exact) mass is 270 g/mol. The van der Waals surface area contributed by atoms with Gasteiger partial charge in [0.25, 0.3) is 0 Å². The van der Waals surface area contributed by atoms with Gasteiger partial charge in [-0.15, -0.1) is 0 Å². The minimum absolute atomic E-state index is 0.642. The maximum Gasteiger partial charge on any atom is 0.191 e. The molecule has 1 atom stereocenters. The average molecular weight is 270 g/mol. The minimum atomic E-state index is 0.642. The summed E-state index contributed by atoms with van der Waals surface area (Å²) in [6.45, 7) is 9.46. The molecule has 0 aromatic heterocycles. The Balaban J connectivity index is 2.29. The van der Waals surface area contributed by atoms with E-state index in [1.807, 2.05) is 7.05 Å². The van der Waals surface area contributed by atoms with Crippen LogP contribution in [0.25, 0.3) is 0 Å². The van der Waals surface area contributed by atoms with Crippen LogP contribution < -0.4 is 10.6 Å². The van der Waals surface area contributed by atoms with Crippen LogP contribution in [-0.4, -0.2) is 63.8 Å². The summed E-state index contributed by atoms with van der Waals surface area (Å²) in [6.07, 6.45) is 2.60. The quantitative estimate of drug-likeness (QED) is 0.410. The van der Waals surface area contributed by atoms with Crippen molar-refractivity contribution >= 4 is 5.96 Å². The second-order valence-corrected chi connectivity index (χ2v) is 5.56. The highest BCUT2D eigenvalue weighted by molar-refractivity contribution is 5.79. The molecule has 112 valence electrons. The van der Waals surface area contributed by atoms with Crippen LogP contribution in [0.15, 0.2) is 4.99 Å². The molecule has 1 heterocycles. The van der Waals surface area contributed by atoms with Crippen molar-refractivity contribution in [2.45, 2.75) is 32.7 Å².